The number of hydrogen-bond acceptors (Lipinski definition) is 5. The average molecular weight is 331 g/mol. The molecule has 0 unspecified atom stereocenters. The zero-order chi connectivity index (χ0) is 16.9. The summed E-state index contributed by atoms with van der Waals surface area (Å²) in [4.78, 5) is 23.1. The molecule has 0 aliphatic carbocycles. The van der Waals surface area contributed by atoms with E-state index in [0.29, 0.717) is 24.8 Å². The Hall–Kier alpha value is -2.18. The number of aryl methyl sites for hydroxylation is 3. The summed E-state index contributed by atoms with van der Waals surface area (Å²) < 4.78 is 7.38. The molecule has 1 aliphatic heterocycles. The molecule has 0 saturated carbocycles. The fourth-order valence-corrected chi connectivity index (χ4v) is 3.27. The number of likely N-dealkylation sites (tertiary alicyclic amines) is 1. The van der Waals surface area contributed by atoms with Gasteiger partial charge in [-0.25, -0.2) is 4.98 Å². The van der Waals surface area contributed by atoms with Gasteiger partial charge in [-0.1, -0.05) is 12.1 Å². The van der Waals surface area contributed by atoms with Crippen LogP contribution < -0.4 is 0 Å². The number of piperidine rings is 1. The fraction of sp³-hybridized carbons (Fsp3) is 0.647. The molecule has 1 amide bonds. The standard InChI is InChI=1S/C17H25N5O2/c1-3-5-15-19-16(24-20-15)7-8-17(23)21-10-4-6-14(12-21)22-11-9-18-13(22)2/h9,11,14H,3-8,10,12H2,1-2H3/t14-/m0/s1. The van der Waals surface area contributed by atoms with Gasteiger partial charge in [0, 0.05) is 44.7 Å². The Kier molecular flexibility index (Phi) is 5.27. The van der Waals surface area contributed by atoms with Gasteiger partial charge in [0.1, 0.15) is 5.82 Å². The average Bonchev–Trinajstić information content (AvgIpc) is 3.22. The lowest BCUT2D eigenvalue weighted by Crippen LogP contribution is -2.40. The highest BCUT2D eigenvalue weighted by atomic mass is 16.5. The van der Waals surface area contributed by atoms with E-state index < -0.39 is 0 Å². The predicted octanol–water partition coefficient (Wildman–Crippen LogP) is 2.32. The van der Waals surface area contributed by atoms with E-state index in [-0.39, 0.29) is 5.91 Å². The SMILES string of the molecule is CCCc1noc(CCC(=O)N2CCC[C@H](n3ccnc3C)C2)n1. The summed E-state index contributed by atoms with van der Waals surface area (Å²) in [7, 11) is 0. The van der Waals surface area contributed by atoms with Gasteiger partial charge in [0.15, 0.2) is 5.82 Å². The van der Waals surface area contributed by atoms with E-state index >= 15 is 0 Å². The van der Waals surface area contributed by atoms with Crippen LogP contribution in [0, 0.1) is 6.92 Å². The van der Waals surface area contributed by atoms with E-state index in [0.717, 1.165) is 50.4 Å². The second-order valence-corrected chi connectivity index (χ2v) is 6.37. The van der Waals surface area contributed by atoms with E-state index in [1.54, 1.807) is 0 Å². The molecule has 1 saturated heterocycles. The molecular formula is C17H25N5O2. The van der Waals surface area contributed by atoms with Crippen LogP contribution in [-0.2, 0) is 17.6 Å². The van der Waals surface area contributed by atoms with Crippen molar-refractivity contribution in [3.05, 3.63) is 29.9 Å². The molecule has 130 valence electrons. The van der Waals surface area contributed by atoms with Crippen molar-refractivity contribution < 1.29 is 9.32 Å². The minimum absolute atomic E-state index is 0.160. The van der Waals surface area contributed by atoms with Gasteiger partial charge in [0.2, 0.25) is 11.8 Å². The van der Waals surface area contributed by atoms with Crippen molar-refractivity contribution in [1.82, 2.24) is 24.6 Å². The van der Waals surface area contributed by atoms with Crippen LogP contribution in [0.3, 0.4) is 0 Å². The zero-order valence-electron chi connectivity index (χ0n) is 14.4. The first-order chi connectivity index (χ1) is 11.7. The van der Waals surface area contributed by atoms with Crippen molar-refractivity contribution in [3.8, 4) is 0 Å². The summed E-state index contributed by atoms with van der Waals surface area (Å²) >= 11 is 0. The Morgan fingerprint density at radius 2 is 2.29 bits per heavy atom. The zero-order valence-corrected chi connectivity index (χ0v) is 14.4. The summed E-state index contributed by atoms with van der Waals surface area (Å²) in [6, 6.07) is 0.324. The molecule has 0 N–H and O–H groups in total. The number of nitrogens with zero attached hydrogens (tertiary/aromatic N) is 5. The second kappa shape index (κ2) is 7.59. The summed E-state index contributed by atoms with van der Waals surface area (Å²) in [5.74, 6) is 2.45. The lowest BCUT2D eigenvalue weighted by atomic mass is 10.0. The first-order valence-electron chi connectivity index (χ1n) is 8.76. The van der Waals surface area contributed by atoms with Gasteiger partial charge in [-0.2, -0.15) is 4.98 Å². The van der Waals surface area contributed by atoms with Crippen molar-refractivity contribution in [2.75, 3.05) is 13.1 Å². The minimum atomic E-state index is 0.160. The number of rotatable bonds is 6. The Bertz CT molecular complexity index is 678. The molecule has 0 bridgehead atoms. The van der Waals surface area contributed by atoms with Crippen LogP contribution in [0.2, 0.25) is 0 Å². The van der Waals surface area contributed by atoms with Gasteiger partial charge in [0.25, 0.3) is 0 Å². The topological polar surface area (TPSA) is 77.0 Å². The maximum Gasteiger partial charge on any atom is 0.227 e. The number of amides is 1. The highest BCUT2D eigenvalue weighted by Crippen LogP contribution is 2.23. The van der Waals surface area contributed by atoms with E-state index in [2.05, 4.69) is 26.6 Å². The fourth-order valence-electron chi connectivity index (χ4n) is 3.27. The number of carbonyl (C=O) groups is 1. The number of hydrogen-bond donors (Lipinski definition) is 0. The lowest BCUT2D eigenvalue weighted by Gasteiger charge is -2.34. The number of aromatic nitrogens is 4. The van der Waals surface area contributed by atoms with Crippen LogP contribution >= 0.6 is 0 Å². The largest absolute Gasteiger partial charge is 0.341 e. The van der Waals surface area contributed by atoms with Crippen molar-refractivity contribution in [2.24, 2.45) is 0 Å². The van der Waals surface area contributed by atoms with E-state index in [1.807, 2.05) is 24.2 Å². The van der Waals surface area contributed by atoms with Crippen molar-refractivity contribution in [2.45, 2.75) is 58.4 Å². The molecular weight excluding hydrogens is 306 g/mol. The summed E-state index contributed by atoms with van der Waals surface area (Å²) in [6.07, 6.45) is 8.67. The van der Waals surface area contributed by atoms with Gasteiger partial charge < -0.3 is 14.0 Å². The lowest BCUT2D eigenvalue weighted by molar-refractivity contribution is -0.132. The highest BCUT2D eigenvalue weighted by Gasteiger charge is 2.25. The quantitative estimate of drug-likeness (QED) is 0.812. The number of carbonyl (C=O) groups excluding carboxylic acids is 1. The highest BCUT2D eigenvalue weighted by molar-refractivity contribution is 5.76. The first-order valence-corrected chi connectivity index (χ1v) is 8.76. The third-order valence-electron chi connectivity index (χ3n) is 4.54. The molecule has 1 aliphatic rings. The normalized spacial score (nSPS) is 18.1. The maximum absolute atomic E-state index is 12.5. The van der Waals surface area contributed by atoms with Crippen molar-refractivity contribution in [1.29, 1.82) is 0 Å². The van der Waals surface area contributed by atoms with Gasteiger partial charge in [-0.15, -0.1) is 0 Å². The smallest absolute Gasteiger partial charge is 0.227 e. The van der Waals surface area contributed by atoms with E-state index in [4.69, 9.17) is 4.52 Å². The molecule has 3 rings (SSSR count). The van der Waals surface area contributed by atoms with Crippen LogP contribution in [-0.4, -0.2) is 43.6 Å². The van der Waals surface area contributed by atoms with Crippen molar-refractivity contribution in [3.63, 3.8) is 0 Å². The Balaban J connectivity index is 1.53. The van der Waals surface area contributed by atoms with Crippen LogP contribution in [0.25, 0.3) is 0 Å². The molecule has 1 atom stereocenters. The molecule has 0 radical (unpaired) electrons. The molecule has 2 aromatic rings. The molecule has 2 aromatic heterocycles. The molecule has 0 aromatic carbocycles. The first kappa shape index (κ1) is 16.7. The molecule has 0 spiro atoms. The molecule has 24 heavy (non-hydrogen) atoms. The molecule has 1 fully saturated rings. The Morgan fingerprint density at radius 1 is 1.42 bits per heavy atom. The van der Waals surface area contributed by atoms with E-state index in [1.165, 1.54) is 0 Å². The molecule has 3 heterocycles. The van der Waals surface area contributed by atoms with Crippen LogP contribution in [0.4, 0.5) is 0 Å². The van der Waals surface area contributed by atoms with Gasteiger partial charge in [-0.05, 0) is 26.2 Å². The summed E-state index contributed by atoms with van der Waals surface area (Å²) in [6.45, 7) is 5.66. The molecule has 7 heteroatoms. The minimum Gasteiger partial charge on any atom is -0.341 e. The van der Waals surface area contributed by atoms with Crippen LogP contribution in [0.5, 0.6) is 0 Å². The Labute approximate surface area is 142 Å². The Morgan fingerprint density at radius 3 is 3.04 bits per heavy atom. The summed E-state index contributed by atoms with van der Waals surface area (Å²) in [5.41, 5.74) is 0. The van der Waals surface area contributed by atoms with Crippen LogP contribution in [0.15, 0.2) is 16.9 Å². The third kappa shape index (κ3) is 3.83. The monoisotopic (exact) mass is 331 g/mol. The van der Waals surface area contributed by atoms with Gasteiger partial charge >= 0.3 is 0 Å². The van der Waals surface area contributed by atoms with Gasteiger partial charge in [0.05, 0.1) is 6.04 Å². The van der Waals surface area contributed by atoms with Crippen molar-refractivity contribution >= 4 is 5.91 Å². The third-order valence-corrected chi connectivity index (χ3v) is 4.54. The van der Waals surface area contributed by atoms with E-state index in [9.17, 15) is 4.79 Å². The van der Waals surface area contributed by atoms with Crippen LogP contribution in [0.1, 0.15) is 56.2 Å². The molecule has 7 nitrogen and oxygen atoms in total. The predicted molar refractivity (Wildman–Crippen MR) is 88.4 cm³/mol. The maximum atomic E-state index is 12.5. The second-order valence-electron chi connectivity index (χ2n) is 6.37. The number of imidazole rings is 1. The van der Waals surface area contributed by atoms with Gasteiger partial charge in [-0.3, -0.25) is 4.79 Å². The summed E-state index contributed by atoms with van der Waals surface area (Å²) in [5, 5.41) is 3.93.